The summed E-state index contributed by atoms with van der Waals surface area (Å²) < 4.78 is 27.0. The molecule has 2 unspecified atom stereocenters. The average Bonchev–Trinajstić information content (AvgIpc) is 2.38. The average molecular weight is 268 g/mol. The van der Waals surface area contributed by atoms with Gasteiger partial charge in [0.15, 0.2) is 0 Å². The molecule has 1 aromatic rings. The SMILES string of the molecule is CCC1CN(c2ccc(F)cc2F)C(C(C)C)CN1. The Bertz CT molecular complexity index is 434. The van der Waals surface area contributed by atoms with Crippen LogP contribution in [0.2, 0.25) is 0 Å². The summed E-state index contributed by atoms with van der Waals surface area (Å²) in [6.07, 6.45) is 1.00. The lowest BCUT2D eigenvalue weighted by Crippen LogP contribution is -2.58. The highest BCUT2D eigenvalue weighted by Crippen LogP contribution is 2.27. The van der Waals surface area contributed by atoms with Gasteiger partial charge in [-0.2, -0.15) is 0 Å². The molecule has 1 aromatic carbocycles. The second-order valence-corrected chi connectivity index (χ2v) is 5.57. The standard InChI is InChI=1S/C15H22F2N2/c1-4-12-9-19(15(8-18-12)10(2)3)14-6-5-11(16)7-13(14)17/h5-7,10,12,15,18H,4,8-9H2,1-3H3. The molecule has 1 saturated heterocycles. The lowest BCUT2D eigenvalue weighted by Gasteiger charge is -2.43. The second-order valence-electron chi connectivity index (χ2n) is 5.57. The van der Waals surface area contributed by atoms with E-state index in [1.807, 2.05) is 0 Å². The largest absolute Gasteiger partial charge is 0.363 e. The molecule has 0 amide bonds. The van der Waals surface area contributed by atoms with Gasteiger partial charge in [0.05, 0.1) is 5.69 Å². The quantitative estimate of drug-likeness (QED) is 0.905. The number of piperazine rings is 1. The molecule has 0 spiro atoms. The van der Waals surface area contributed by atoms with E-state index in [2.05, 4.69) is 31.0 Å². The first-order valence-electron chi connectivity index (χ1n) is 6.98. The Labute approximate surface area is 113 Å². The highest BCUT2D eigenvalue weighted by molar-refractivity contribution is 5.50. The predicted octanol–water partition coefficient (Wildman–Crippen LogP) is 3.18. The third-order valence-corrected chi connectivity index (χ3v) is 3.91. The Kier molecular flexibility index (Phi) is 4.40. The van der Waals surface area contributed by atoms with Gasteiger partial charge in [-0.1, -0.05) is 20.8 Å². The molecule has 0 aliphatic carbocycles. The lowest BCUT2D eigenvalue weighted by atomic mass is 9.97. The minimum Gasteiger partial charge on any atom is -0.363 e. The first-order valence-corrected chi connectivity index (χ1v) is 6.98. The summed E-state index contributed by atoms with van der Waals surface area (Å²) in [6, 6.07) is 4.45. The maximum absolute atomic E-state index is 14.0. The van der Waals surface area contributed by atoms with E-state index < -0.39 is 11.6 Å². The van der Waals surface area contributed by atoms with Crippen molar-refractivity contribution in [3.8, 4) is 0 Å². The van der Waals surface area contributed by atoms with E-state index in [0.29, 0.717) is 17.6 Å². The molecule has 1 N–H and O–H groups in total. The van der Waals surface area contributed by atoms with Crippen LogP contribution in [0, 0.1) is 17.6 Å². The van der Waals surface area contributed by atoms with Crippen molar-refractivity contribution in [2.75, 3.05) is 18.0 Å². The smallest absolute Gasteiger partial charge is 0.149 e. The number of nitrogens with zero attached hydrogens (tertiary/aromatic N) is 1. The molecule has 1 aliphatic rings. The zero-order chi connectivity index (χ0) is 14.0. The van der Waals surface area contributed by atoms with Crippen LogP contribution >= 0.6 is 0 Å². The van der Waals surface area contributed by atoms with E-state index >= 15 is 0 Å². The van der Waals surface area contributed by atoms with Crippen molar-refractivity contribution in [2.45, 2.75) is 39.3 Å². The number of hydrogen-bond donors (Lipinski definition) is 1. The van der Waals surface area contributed by atoms with E-state index in [1.54, 1.807) is 6.07 Å². The van der Waals surface area contributed by atoms with Crippen molar-refractivity contribution in [1.29, 1.82) is 0 Å². The summed E-state index contributed by atoms with van der Waals surface area (Å²) in [4.78, 5) is 2.09. The molecule has 0 saturated carbocycles. The van der Waals surface area contributed by atoms with Gasteiger partial charge in [0.1, 0.15) is 11.6 Å². The van der Waals surface area contributed by atoms with Crippen molar-refractivity contribution in [2.24, 2.45) is 5.92 Å². The van der Waals surface area contributed by atoms with Gasteiger partial charge in [-0.05, 0) is 24.5 Å². The molecule has 1 fully saturated rings. The van der Waals surface area contributed by atoms with Gasteiger partial charge in [-0.3, -0.25) is 0 Å². The first-order chi connectivity index (χ1) is 9.02. The van der Waals surface area contributed by atoms with Gasteiger partial charge in [-0.15, -0.1) is 0 Å². The third-order valence-electron chi connectivity index (χ3n) is 3.91. The highest BCUT2D eigenvalue weighted by atomic mass is 19.1. The normalized spacial score (nSPS) is 24.0. The van der Waals surface area contributed by atoms with Crippen molar-refractivity contribution < 1.29 is 8.78 Å². The predicted molar refractivity (Wildman–Crippen MR) is 74.4 cm³/mol. The van der Waals surface area contributed by atoms with E-state index in [4.69, 9.17) is 0 Å². The van der Waals surface area contributed by atoms with Crippen LogP contribution in [0.1, 0.15) is 27.2 Å². The number of hydrogen-bond acceptors (Lipinski definition) is 2. The fraction of sp³-hybridized carbons (Fsp3) is 0.600. The zero-order valence-electron chi connectivity index (χ0n) is 11.8. The van der Waals surface area contributed by atoms with Gasteiger partial charge in [0, 0.05) is 31.2 Å². The van der Waals surface area contributed by atoms with Gasteiger partial charge in [-0.25, -0.2) is 8.78 Å². The van der Waals surface area contributed by atoms with Crippen LogP contribution in [0.3, 0.4) is 0 Å². The molecule has 106 valence electrons. The summed E-state index contributed by atoms with van der Waals surface area (Å²) in [6.45, 7) is 7.99. The summed E-state index contributed by atoms with van der Waals surface area (Å²) in [5.74, 6) is -0.582. The third kappa shape index (κ3) is 3.06. The van der Waals surface area contributed by atoms with Crippen LogP contribution in [0.4, 0.5) is 14.5 Å². The van der Waals surface area contributed by atoms with Gasteiger partial charge in [0.25, 0.3) is 0 Å². The summed E-state index contributed by atoms with van der Waals surface area (Å²) in [5.41, 5.74) is 0.514. The minimum atomic E-state index is -0.524. The summed E-state index contributed by atoms with van der Waals surface area (Å²) in [5, 5.41) is 3.49. The molecule has 19 heavy (non-hydrogen) atoms. The Morgan fingerprint density at radius 3 is 2.68 bits per heavy atom. The van der Waals surface area contributed by atoms with E-state index in [9.17, 15) is 8.78 Å². The minimum absolute atomic E-state index is 0.239. The number of rotatable bonds is 3. The van der Waals surface area contributed by atoms with Gasteiger partial charge < -0.3 is 10.2 Å². The molecule has 2 nitrogen and oxygen atoms in total. The molecule has 0 bridgehead atoms. The first kappa shape index (κ1) is 14.3. The molecular weight excluding hydrogens is 246 g/mol. The fourth-order valence-electron chi connectivity index (χ4n) is 2.70. The topological polar surface area (TPSA) is 15.3 Å². The molecule has 4 heteroatoms. The monoisotopic (exact) mass is 268 g/mol. The Morgan fingerprint density at radius 2 is 2.11 bits per heavy atom. The maximum Gasteiger partial charge on any atom is 0.149 e. The van der Waals surface area contributed by atoms with Crippen LogP contribution in [-0.4, -0.2) is 25.2 Å². The van der Waals surface area contributed by atoms with E-state index in [0.717, 1.165) is 25.6 Å². The van der Waals surface area contributed by atoms with Crippen molar-refractivity contribution in [3.05, 3.63) is 29.8 Å². The maximum atomic E-state index is 14.0. The molecule has 0 aromatic heterocycles. The zero-order valence-corrected chi connectivity index (χ0v) is 11.8. The number of anilines is 1. The molecule has 2 atom stereocenters. The highest BCUT2D eigenvalue weighted by Gasteiger charge is 2.30. The molecule has 0 radical (unpaired) electrons. The van der Waals surface area contributed by atoms with Gasteiger partial charge >= 0.3 is 0 Å². The van der Waals surface area contributed by atoms with Crippen LogP contribution in [0.5, 0.6) is 0 Å². The number of halogens is 2. The van der Waals surface area contributed by atoms with E-state index in [1.165, 1.54) is 6.07 Å². The Balaban J connectivity index is 2.30. The lowest BCUT2D eigenvalue weighted by molar-refractivity contribution is 0.331. The molecule has 1 aliphatic heterocycles. The fourth-order valence-corrected chi connectivity index (χ4v) is 2.70. The van der Waals surface area contributed by atoms with Crippen molar-refractivity contribution in [1.82, 2.24) is 5.32 Å². The molecule has 2 rings (SSSR count). The summed E-state index contributed by atoms with van der Waals surface area (Å²) >= 11 is 0. The second kappa shape index (κ2) is 5.87. The Morgan fingerprint density at radius 1 is 1.37 bits per heavy atom. The van der Waals surface area contributed by atoms with Gasteiger partial charge in [0.2, 0.25) is 0 Å². The van der Waals surface area contributed by atoms with Crippen molar-refractivity contribution in [3.63, 3.8) is 0 Å². The Hall–Kier alpha value is -1.16. The van der Waals surface area contributed by atoms with Crippen molar-refractivity contribution >= 4 is 5.69 Å². The summed E-state index contributed by atoms with van der Waals surface area (Å²) in [7, 11) is 0. The van der Waals surface area contributed by atoms with E-state index in [-0.39, 0.29) is 6.04 Å². The molecular formula is C15H22F2N2. The van der Waals surface area contributed by atoms with Crippen LogP contribution < -0.4 is 10.2 Å². The number of benzene rings is 1. The van der Waals surface area contributed by atoms with Crippen LogP contribution in [0.15, 0.2) is 18.2 Å². The van der Waals surface area contributed by atoms with Crippen LogP contribution in [0.25, 0.3) is 0 Å². The van der Waals surface area contributed by atoms with Crippen LogP contribution in [-0.2, 0) is 0 Å². The molecule has 1 heterocycles. The number of nitrogens with one attached hydrogen (secondary N) is 1.